The Morgan fingerprint density at radius 1 is 1.39 bits per heavy atom. The second kappa shape index (κ2) is 6.18. The molecule has 104 valence electrons. The van der Waals surface area contributed by atoms with Crippen molar-refractivity contribution in [3.8, 4) is 0 Å². The number of aliphatic carboxylic acids is 1. The Labute approximate surface area is 108 Å². The molecule has 0 saturated heterocycles. The normalized spacial score (nSPS) is 17.3. The predicted octanol–water partition coefficient (Wildman–Crippen LogP) is 1.12. The number of nitrogens with one attached hydrogen (secondary N) is 1. The molecule has 4 N–H and O–H groups in total. The van der Waals surface area contributed by atoms with E-state index in [1.807, 2.05) is 13.8 Å². The Morgan fingerprint density at radius 2 is 1.94 bits per heavy atom. The van der Waals surface area contributed by atoms with Gasteiger partial charge in [-0.25, -0.2) is 0 Å². The van der Waals surface area contributed by atoms with Crippen molar-refractivity contribution in [2.75, 3.05) is 6.54 Å². The zero-order valence-electron chi connectivity index (χ0n) is 11.2. The van der Waals surface area contributed by atoms with Gasteiger partial charge in [-0.15, -0.1) is 0 Å². The van der Waals surface area contributed by atoms with Gasteiger partial charge in [0.05, 0.1) is 11.8 Å². The van der Waals surface area contributed by atoms with Gasteiger partial charge in [-0.1, -0.05) is 13.8 Å². The number of carboxylic acid groups (broad SMARTS) is 1. The van der Waals surface area contributed by atoms with Crippen LogP contribution in [0.1, 0.15) is 46.0 Å². The van der Waals surface area contributed by atoms with Crippen molar-refractivity contribution in [3.05, 3.63) is 0 Å². The van der Waals surface area contributed by atoms with Crippen molar-refractivity contribution in [1.29, 1.82) is 0 Å². The molecule has 0 aromatic heterocycles. The van der Waals surface area contributed by atoms with Gasteiger partial charge in [0.2, 0.25) is 5.91 Å². The maximum absolute atomic E-state index is 12.3. The third kappa shape index (κ3) is 3.45. The number of carboxylic acids is 1. The third-order valence-corrected chi connectivity index (χ3v) is 4.13. The molecule has 1 aliphatic rings. The lowest BCUT2D eigenvalue weighted by molar-refractivity contribution is -0.138. The van der Waals surface area contributed by atoms with E-state index in [0.717, 1.165) is 12.8 Å². The first-order valence-corrected chi connectivity index (χ1v) is 6.72. The fraction of sp³-hybridized carbons (Fsp3) is 0.846. The number of rotatable bonds is 8. The zero-order valence-corrected chi connectivity index (χ0v) is 11.2. The number of carbonyl (C=O) groups excluding carboxylic acids is 1. The largest absolute Gasteiger partial charge is 0.481 e. The molecule has 1 aliphatic carbocycles. The van der Waals surface area contributed by atoms with E-state index < -0.39 is 11.4 Å². The molecule has 1 saturated carbocycles. The summed E-state index contributed by atoms with van der Waals surface area (Å²) in [6.45, 7) is 4.19. The summed E-state index contributed by atoms with van der Waals surface area (Å²) in [4.78, 5) is 23.1. The van der Waals surface area contributed by atoms with Crippen molar-refractivity contribution in [2.45, 2.75) is 52.0 Å². The zero-order chi connectivity index (χ0) is 13.8. The highest BCUT2D eigenvalue weighted by atomic mass is 16.4. The fourth-order valence-corrected chi connectivity index (χ4v) is 2.30. The Morgan fingerprint density at radius 3 is 2.28 bits per heavy atom. The summed E-state index contributed by atoms with van der Waals surface area (Å²) in [5.74, 6) is -0.624. The first-order chi connectivity index (χ1) is 8.49. The minimum absolute atomic E-state index is 0.00445. The molecule has 0 aliphatic heterocycles. The van der Waals surface area contributed by atoms with Gasteiger partial charge < -0.3 is 16.2 Å². The molecule has 18 heavy (non-hydrogen) atoms. The van der Waals surface area contributed by atoms with Crippen LogP contribution in [-0.4, -0.2) is 29.6 Å². The number of hydrogen-bond donors (Lipinski definition) is 3. The van der Waals surface area contributed by atoms with Gasteiger partial charge in [0.1, 0.15) is 0 Å². The van der Waals surface area contributed by atoms with Gasteiger partial charge in [-0.05, 0) is 31.6 Å². The van der Waals surface area contributed by atoms with Crippen molar-refractivity contribution in [3.63, 3.8) is 0 Å². The lowest BCUT2D eigenvalue weighted by Crippen LogP contribution is -2.49. The monoisotopic (exact) mass is 256 g/mol. The second-order valence-electron chi connectivity index (χ2n) is 5.21. The summed E-state index contributed by atoms with van der Waals surface area (Å²) in [7, 11) is 0. The Bertz CT molecular complexity index is 301. The maximum Gasteiger partial charge on any atom is 0.305 e. The standard InChI is InChI=1S/C13H24N2O3/c1-3-13(4-2,8-14)12(18)15-10(7-11(16)17)9-5-6-9/h9-10H,3-8,14H2,1-2H3,(H,15,18)(H,16,17). The molecule has 0 aromatic carbocycles. The van der Waals surface area contributed by atoms with Crippen LogP contribution >= 0.6 is 0 Å². The summed E-state index contributed by atoms with van der Waals surface area (Å²) >= 11 is 0. The minimum Gasteiger partial charge on any atom is -0.481 e. The fourth-order valence-electron chi connectivity index (χ4n) is 2.30. The smallest absolute Gasteiger partial charge is 0.305 e. The van der Waals surface area contributed by atoms with Gasteiger partial charge in [-0.3, -0.25) is 9.59 Å². The van der Waals surface area contributed by atoms with Crippen LogP contribution in [0.3, 0.4) is 0 Å². The Balaban J connectivity index is 2.67. The summed E-state index contributed by atoms with van der Waals surface area (Å²) in [6, 6.07) is -0.237. The van der Waals surface area contributed by atoms with E-state index in [9.17, 15) is 9.59 Å². The van der Waals surface area contributed by atoms with Gasteiger partial charge in [0.25, 0.3) is 0 Å². The van der Waals surface area contributed by atoms with E-state index in [2.05, 4.69) is 5.32 Å². The predicted molar refractivity (Wildman–Crippen MR) is 69.0 cm³/mol. The molecule has 1 fully saturated rings. The second-order valence-corrected chi connectivity index (χ2v) is 5.21. The van der Waals surface area contributed by atoms with E-state index >= 15 is 0 Å². The molecule has 0 heterocycles. The van der Waals surface area contributed by atoms with Gasteiger partial charge in [-0.2, -0.15) is 0 Å². The highest BCUT2D eigenvalue weighted by molar-refractivity contribution is 5.83. The summed E-state index contributed by atoms with van der Waals surface area (Å²) in [5.41, 5.74) is 5.17. The Hall–Kier alpha value is -1.10. The van der Waals surface area contributed by atoms with Crippen molar-refractivity contribution >= 4 is 11.9 Å². The first kappa shape index (κ1) is 15.0. The van der Waals surface area contributed by atoms with Gasteiger partial charge in [0.15, 0.2) is 0 Å². The Kier molecular flexibility index (Phi) is 5.14. The van der Waals surface area contributed by atoms with E-state index in [4.69, 9.17) is 10.8 Å². The van der Waals surface area contributed by atoms with Crippen LogP contribution in [0.15, 0.2) is 0 Å². The molecule has 1 amide bonds. The van der Waals surface area contributed by atoms with Crippen LogP contribution in [0.5, 0.6) is 0 Å². The van der Waals surface area contributed by atoms with Gasteiger partial charge in [0, 0.05) is 12.6 Å². The quantitative estimate of drug-likeness (QED) is 0.607. The molecule has 0 radical (unpaired) electrons. The molecule has 5 heteroatoms. The summed E-state index contributed by atoms with van der Waals surface area (Å²) in [6.07, 6.45) is 3.37. The van der Waals surface area contributed by atoms with Crippen LogP contribution in [0.4, 0.5) is 0 Å². The highest BCUT2D eigenvalue weighted by Crippen LogP contribution is 2.35. The minimum atomic E-state index is -0.862. The number of hydrogen-bond acceptors (Lipinski definition) is 3. The summed E-state index contributed by atoms with van der Waals surface area (Å²) in [5, 5.41) is 11.8. The number of amides is 1. The molecule has 1 unspecified atom stereocenters. The van der Waals surface area contributed by atoms with E-state index in [1.165, 1.54) is 0 Å². The molecular weight excluding hydrogens is 232 g/mol. The molecule has 1 atom stereocenters. The van der Waals surface area contributed by atoms with Crippen LogP contribution in [0.2, 0.25) is 0 Å². The number of nitrogens with two attached hydrogens (primary N) is 1. The molecular formula is C13H24N2O3. The molecule has 0 aromatic rings. The molecule has 1 rings (SSSR count). The first-order valence-electron chi connectivity index (χ1n) is 6.72. The van der Waals surface area contributed by atoms with Crippen LogP contribution in [0, 0.1) is 11.3 Å². The third-order valence-electron chi connectivity index (χ3n) is 4.13. The van der Waals surface area contributed by atoms with Crippen molar-refractivity contribution < 1.29 is 14.7 Å². The maximum atomic E-state index is 12.3. The van der Waals surface area contributed by atoms with E-state index in [0.29, 0.717) is 25.3 Å². The van der Waals surface area contributed by atoms with E-state index in [1.54, 1.807) is 0 Å². The van der Waals surface area contributed by atoms with Crippen LogP contribution in [0.25, 0.3) is 0 Å². The summed E-state index contributed by atoms with van der Waals surface area (Å²) < 4.78 is 0. The van der Waals surface area contributed by atoms with Crippen molar-refractivity contribution in [2.24, 2.45) is 17.1 Å². The SMILES string of the molecule is CCC(CC)(CN)C(=O)NC(CC(=O)O)C1CC1. The average Bonchev–Trinajstić information content (AvgIpc) is 3.14. The molecule has 5 nitrogen and oxygen atoms in total. The van der Waals surface area contributed by atoms with Crippen molar-refractivity contribution in [1.82, 2.24) is 5.32 Å². The number of carbonyl (C=O) groups is 2. The average molecular weight is 256 g/mol. The molecule has 0 bridgehead atoms. The van der Waals surface area contributed by atoms with Gasteiger partial charge >= 0.3 is 5.97 Å². The lowest BCUT2D eigenvalue weighted by atomic mass is 9.81. The van der Waals surface area contributed by atoms with E-state index in [-0.39, 0.29) is 18.4 Å². The highest BCUT2D eigenvalue weighted by Gasteiger charge is 2.39. The lowest BCUT2D eigenvalue weighted by Gasteiger charge is -2.31. The molecule has 0 spiro atoms. The van der Waals surface area contributed by atoms with Crippen LogP contribution in [-0.2, 0) is 9.59 Å². The topological polar surface area (TPSA) is 92.4 Å². The van der Waals surface area contributed by atoms with Crippen LogP contribution < -0.4 is 11.1 Å².